The average molecular weight is 272 g/mol. The molecule has 1 aromatic carbocycles. The normalized spacial score (nSPS) is 21.5. The van der Waals surface area contributed by atoms with E-state index in [1.807, 2.05) is 6.07 Å². The fourth-order valence-corrected chi connectivity index (χ4v) is 2.41. The number of hydrogen-bond acceptors (Lipinski definition) is 3. The third-order valence-electron chi connectivity index (χ3n) is 2.78. The first-order chi connectivity index (χ1) is 7.18. The zero-order valence-corrected chi connectivity index (χ0v) is 9.92. The molecule has 1 aliphatic rings. The molecular weight excluding hydrogens is 258 g/mol. The van der Waals surface area contributed by atoms with Crippen molar-refractivity contribution >= 4 is 15.9 Å². The van der Waals surface area contributed by atoms with Gasteiger partial charge in [0.25, 0.3) is 0 Å². The largest absolute Gasteiger partial charge is 0.504 e. The van der Waals surface area contributed by atoms with E-state index in [1.54, 1.807) is 6.07 Å². The van der Waals surface area contributed by atoms with E-state index >= 15 is 0 Å². The van der Waals surface area contributed by atoms with Gasteiger partial charge in [0.05, 0.1) is 4.47 Å². The van der Waals surface area contributed by atoms with Crippen LogP contribution in [0.3, 0.4) is 0 Å². The lowest BCUT2D eigenvalue weighted by atomic mass is 9.97. The van der Waals surface area contributed by atoms with Crippen LogP contribution in [0.4, 0.5) is 0 Å². The summed E-state index contributed by atoms with van der Waals surface area (Å²) in [6, 6.07) is 3.78. The van der Waals surface area contributed by atoms with Crippen molar-refractivity contribution in [1.29, 1.82) is 0 Å². The van der Waals surface area contributed by atoms with Crippen LogP contribution in [-0.4, -0.2) is 16.8 Å². The van der Waals surface area contributed by atoms with Crippen molar-refractivity contribution < 1.29 is 10.2 Å². The smallest absolute Gasteiger partial charge is 0.171 e. The second kappa shape index (κ2) is 4.41. The van der Waals surface area contributed by atoms with Crippen LogP contribution in [0.5, 0.6) is 11.5 Å². The van der Waals surface area contributed by atoms with Crippen molar-refractivity contribution in [2.75, 3.05) is 6.54 Å². The van der Waals surface area contributed by atoms with Gasteiger partial charge in [-0.05, 0) is 53.0 Å². The Morgan fingerprint density at radius 1 is 1.27 bits per heavy atom. The van der Waals surface area contributed by atoms with Gasteiger partial charge in [-0.3, -0.25) is 0 Å². The first-order valence-corrected chi connectivity index (χ1v) is 5.92. The number of hydrogen-bond donors (Lipinski definition) is 3. The van der Waals surface area contributed by atoms with Crippen LogP contribution >= 0.6 is 15.9 Å². The number of phenolic OH excluding ortho intramolecular Hbond substituents is 2. The summed E-state index contributed by atoms with van der Waals surface area (Å²) in [5.74, 6) is -0.152. The number of aromatic hydroxyl groups is 2. The standard InChI is InChI=1S/C11H14BrNO2/c12-8-5-7(6-10(14)11(8)15)9-3-1-2-4-13-9/h5-6,9,13-15H,1-4H2. The molecule has 0 saturated carbocycles. The van der Waals surface area contributed by atoms with Crippen molar-refractivity contribution in [3.05, 3.63) is 22.2 Å². The molecule has 0 bridgehead atoms. The van der Waals surface area contributed by atoms with Gasteiger partial charge in [0.2, 0.25) is 0 Å². The number of piperidine rings is 1. The van der Waals surface area contributed by atoms with Gasteiger partial charge < -0.3 is 15.5 Å². The van der Waals surface area contributed by atoms with Crippen molar-refractivity contribution in [2.24, 2.45) is 0 Å². The Bertz CT molecular complexity index is 339. The molecule has 3 nitrogen and oxygen atoms in total. The molecular formula is C11H14BrNO2. The molecule has 0 spiro atoms. The van der Waals surface area contributed by atoms with Crippen LogP contribution < -0.4 is 5.32 Å². The molecule has 1 atom stereocenters. The van der Waals surface area contributed by atoms with E-state index in [0.717, 1.165) is 18.5 Å². The van der Waals surface area contributed by atoms with Crippen molar-refractivity contribution in [2.45, 2.75) is 25.3 Å². The lowest BCUT2D eigenvalue weighted by molar-refractivity contribution is 0.391. The molecule has 1 heterocycles. The lowest BCUT2D eigenvalue weighted by Gasteiger charge is -2.24. The third-order valence-corrected chi connectivity index (χ3v) is 3.38. The van der Waals surface area contributed by atoms with Gasteiger partial charge >= 0.3 is 0 Å². The minimum Gasteiger partial charge on any atom is -0.504 e. The van der Waals surface area contributed by atoms with Crippen LogP contribution in [0.25, 0.3) is 0 Å². The molecule has 2 rings (SSSR count). The molecule has 1 fully saturated rings. The molecule has 4 heteroatoms. The van der Waals surface area contributed by atoms with Crippen molar-refractivity contribution in [1.82, 2.24) is 5.32 Å². The fraction of sp³-hybridized carbons (Fsp3) is 0.455. The van der Waals surface area contributed by atoms with Gasteiger partial charge in [0, 0.05) is 6.04 Å². The SMILES string of the molecule is Oc1cc(C2CCCCN2)cc(Br)c1O. The van der Waals surface area contributed by atoms with E-state index in [-0.39, 0.29) is 11.5 Å². The molecule has 0 radical (unpaired) electrons. The topological polar surface area (TPSA) is 52.5 Å². The van der Waals surface area contributed by atoms with E-state index in [9.17, 15) is 10.2 Å². The Morgan fingerprint density at radius 3 is 2.67 bits per heavy atom. The number of halogens is 1. The van der Waals surface area contributed by atoms with E-state index in [1.165, 1.54) is 12.8 Å². The number of benzene rings is 1. The summed E-state index contributed by atoms with van der Waals surface area (Å²) < 4.78 is 0.546. The van der Waals surface area contributed by atoms with Crippen LogP contribution in [-0.2, 0) is 0 Å². The van der Waals surface area contributed by atoms with Crippen LogP contribution in [0, 0.1) is 0 Å². The summed E-state index contributed by atoms with van der Waals surface area (Å²) in [5, 5.41) is 22.3. The predicted octanol–water partition coefficient (Wildman–Crippen LogP) is 2.67. The Morgan fingerprint density at radius 2 is 2.07 bits per heavy atom. The third kappa shape index (κ3) is 2.26. The summed E-state index contributed by atoms with van der Waals surface area (Å²) in [6.45, 7) is 1.02. The predicted molar refractivity (Wildman–Crippen MR) is 62.1 cm³/mol. The second-order valence-electron chi connectivity index (χ2n) is 3.87. The molecule has 0 aliphatic carbocycles. The highest BCUT2D eigenvalue weighted by Crippen LogP contribution is 2.37. The van der Waals surface area contributed by atoms with Crippen LogP contribution in [0.2, 0.25) is 0 Å². The minimum absolute atomic E-state index is 0.0632. The Balaban J connectivity index is 2.27. The monoisotopic (exact) mass is 271 g/mol. The molecule has 1 saturated heterocycles. The highest BCUT2D eigenvalue weighted by atomic mass is 79.9. The number of rotatable bonds is 1. The van der Waals surface area contributed by atoms with E-state index in [0.29, 0.717) is 10.5 Å². The van der Waals surface area contributed by atoms with Gasteiger partial charge in [-0.2, -0.15) is 0 Å². The van der Waals surface area contributed by atoms with E-state index in [4.69, 9.17) is 0 Å². The molecule has 1 aliphatic heterocycles. The van der Waals surface area contributed by atoms with Gasteiger partial charge in [0.1, 0.15) is 0 Å². The second-order valence-corrected chi connectivity index (χ2v) is 4.73. The maximum Gasteiger partial charge on any atom is 0.171 e. The summed E-state index contributed by atoms with van der Waals surface area (Å²) >= 11 is 3.23. The number of nitrogens with one attached hydrogen (secondary N) is 1. The molecule has 3 N–H and O–H groups in total. The summed E-state index contributed by atoms with van der Waals surface area (Å²) in [4.78, 5) is 0. The van der Waals surface area contributed by atoms with E-state index < -0.39 is 0 Å². The minimum atomic E-state index is -0.0884. The molecule has 0 amide bonds. The van der Waals surface area contributed by atoms with E-state index in [2.05, 4.69) is 21.2 Å². The maximum absolute atomic E-state index is 9.50. The molecule has 0 aromatic heterocycles. The lowest BCUT2D eigenvalue weighted by Crippen LogP contribution is -2.26. The van der Waals surface area contributed by atoms with Crippen molar-refractivity contribution in [3.63, 3.8) is 0 Å². The number of phenols is 2. The first kappa shape index (κ1) is 10.8. The molecule has 15 heavy (non-hydrogen) atoms. The molecule has 82 valence electrons. The first-order valence-electron chi connectivity index (χ1n) is 5.13. The Labute approximate surface area is 97.3 Å². The summed E-state index contributed by atoms with van der Waals surface area (Å²) in [5.41, 5.74) is 1.02. The summed E-state index contributed by atoms with van der Waals surface area (Å²) in [6.07, 6.45) is 3.50. The van der Waals surface area contributed by atoms with Crippen LogP contribution in [0.1, 0.15) is 30.9 Å². The molecule has 1 unspecified atom stereocenters. The van der Waals surface area contributed by atoms with Crippen LogP contribution in [0.15, 0.2) is 16.6 Å². The molecule has 1 aromatic rings. The van der Waals surface area contributed by atoms with Gasteiger partial charge in [-0.15, -0.1) is 0 Å². The summed E-state index contributed by atoms with van der Waals surface area (Å²) in [7, 11) is 0. The zero-order valence-electron chi connectivity index (χ0n) is 8.33. The van der Waals surface area contributed by atoms with Gasteiger partial charge in [-0.1, -0.05) is 6.42 Å². The van der Waals surface area contributed by atoms with Gasteiger partial charge in [-0.25, -0.2) is 0 Å². The Kier molecular flexibility index (Phi) is 3.17. The Hall–Kier alpha value is -0.740. The maximum atomic E-state index is 9.50. The van der Waals surface area contributed by atoms with Gasteiger partial charge in [0.15, 0.2) is 11.5 Å². The highest BCUT2D eigenvalue weighted by Gasteiger charge is 2.17. The zero-order chi connectivity index (χ0) is 10.8. The average Bonchev–Trinajstić information content (AvgIpc) is 2.26. The quantitative estimate of drug-likeness (QED) is 0.689. The van der Waals surface area contributed by atoms with Crippen molar-refractivity contribution in [3.8, 4) is 11.5 Å². The highest BCUT2D eigenvalue weighted by molar-refractivity contribution is 9.10. The fourth-order valence-electron chi connectivity index (χ4n) is 1.94.